The first-order chi connectivity index (χ1) is 12.7. The average Bonchev–Trinajstić information content (AvgIpc) is 2.59. The molecule has 0 heterocycles. The van der Waals surface area contributed by atoms with Gasteiger partial charge in [-0.1, -0.05) is 52.0 Å². The molecule has 0 bridgehead atoms. The van der Waals surface area contributed by atoms with Crippen molar-refractivity contribution in [1.29, 1.82) is 0 Å². The summed E-state index contributed by atoms with van der Waals surface area (Å²) in [4.78, 5) is 13.1. The third-order valence-electron chi connectivity index (χ3n) is 4.47. The number of benzene rings is 1. The third-order valence-corrected chi connectivity index (χ3v) is 8.43. The number of carbonyl (C=O) groups is 1. The number of hydrogen-bond donors (Lipinski definition) is 0. The Hall–Kier alpha value is -1.03. The van der Waals surface area contributed by atoms with Crippen molar-refractivity contribution in [3.8, 4) is 0 Å². The summed E-state index contributed by atoms with van der Waals surface area (Å²) in [6.07, 6.45) is 2.71. The number of aryl methyl sites for hydroxylation is 1. The largest absolute Gasteiger partial charge is 0.439 e. The van der Waals surface area contributed by atoms with E-state index in [1.54, 1.807) is 6.92 Å². The van der Waals surface area contributed by atoms with Crippen molar-refractivity contribution in [2.45, 2.75) is 60.3 Å². The van der Waals surface area contributed by atoms with Gasteiger partial charge in [0.1, 0.15) is 5.76 Å². The van der Waals surface area contributed by atoms with E-state index in [9.17, 15) is 9.36 Å². The molecule has 0 spiro atoms. The molecule has 1 aliphatic rings. The summed E-state index contributed by atoms with van der Waals surface area (Å²) < 4.78 is 24.8. The molecule has 1 aromatic carbocycles. The van der Waals surface area contributed by atoms with Crippen molar-refractivity contribution in [3.63, 3.8) is 0 Å². The number of allylic oxidation sites excluding steroid dienone is 2. The monoisotopic (exact) mass is 410 g/mol. The lowest BCUT2D eigenvalue weighted by Crippen LogP contribution is -2.26. The Morgan fingerprint density at radius 3 is 2.48 bits per heavy atom. The number of Topliss-reactive ketones (excluding diaryl/α,β-unsaturated/α-hetero) is 1. The molecule has 150 valence electrons. The van der Waals surface area contributed by atoms with Gasteiger partial charge in [0, 0.05) is 18.6 Å². The molecule has 6 heteroatoms. The lowest BCUT2D eigenvalue weighted by Gasteiger charge is -2.33. The molecule has 0 amide bonds. The van der Waals surface area contributed by atoms with E-state index in [0.29, 0.717) is 36.5 Å². The van der Waals surface area contributed by atoms with Gasteiger partial charge in [-0.15, -0.1) is 0 Å². The van der Waals surface area contributed by atoms with Crippen LogP contribution in [0.25, 0.3) is 5.57 Å². The Labute approximate surface area is 167 Å². The minimum Gasteiger partial charge on any atom is -0.421 e. The highest BCUT2D eigenvalue weighted by Gasteiger charge is 2.39. The lowest BCUT2D eigenvalue weighted by atomic mass is 9.74. The minimum absolute atomic E-state index is 0.0469. The van der Waals surface area contributed by atoms with Crippen LogP contribution in [0.4, 0.5) is 0 Å². The Balaban J connectivity index is 2.55. The molecule has 1 aromatic rings. The molecule has 27 heavy (non-hydrogen) atoms. The quantitative estimate of drug-likeness (QED) is 0.426. The maximum atomic E-state index is 13.3. The average molecular weight is 411 g/mol. The highest BCUT2D eigenvalue weighted by molar-refractivity contribution is 8.55. The van der Waals surface area contributed by atoms with E-state index in [1.165, 1.54) is 11.4 Å². The Morgan fingerprint density at radius 2 is 1.85 bits per heavy atom. The van der Waals surface area contributed by atoms with Gasteiger partial charge >= 0.3 is 6.80 Å². The summed E-state index contributed by atoms with van der Waals surface area (Å²) >= 11 is 1.22. The molecule has 1 unspecified atom stereocenters. The van der Waals surface area contributed by atoms with E-state index in [4.69, 9.17) is 9.05 Å². The van der Waals surface area contributed by atoms with Crippen molar-refractivity contribution < 1.29 is 18.4 Å². The van der Waals surface area contributed by atoms with Crippen molar-refractivity contribution >= 4 is 29.5 Å². The molecule has 0 aromatic heterocycles. The zero-order chi connectivity index (χ0) is 20.1. The van der Waals surface area contributed by atoms with Gasteiger partial charge in [-0.2, -0.15) is 0 Å². The first-order valence-electron chi connectivity index (χ1n) is 9.68. The maximum absolute atomic E-state index is 13.3. The lowest BCUT2D eigenvalue weighted by molar-refractivity contribution is -0.116. The van der Waals surface area contributed by atoms with Gasteiger partial charge in [-0.05, 0) is 47.7 Å². The normalized spacial score (nSPS) is 19.1. The summed E-state index contributed by atoms with van der Waals surface area (Å²) in [5, 5.41) is 0. The van der Waals surface area contributed by atoms with Crippen LogP contribution in [0.5, 0.6) is 0 Å². The zero-order valence-electron chi connectivity index (χ0n) is 17.0. The molecule has 0 aliphatic heterocycles. The predicted molar refractivity (Wildman–Crippen MR) is 114 cm³/mol. The Bertz CT molecular complexity index is 754. The van der Waals surface area contributed by atoms with Gasteiger partial charge in [-0.3, -0.25) is 9.32 Å². The molecule has 0 N–H and O–H groups in total. The smallest absolute Gasteiger partial charge is 0.421 e. The second kappa shape index (κ2) is 9.45. The topological polar surface area (TPSA) is 52.6 Å². The van der Waals surface area contributed by atoms with Gasteiger partial charge in [0.05, 0.1) is 12.2 Å². The summed E-state index contributed by atoms with van der Waals surface area (Å²) in [7, 11) is 0. The number of rotatable bonds is 9. The number of ketones is 1. The summed E-state index contributed by atoms with van der Waals surface area (Å²) in [5.41, 5.74) is 2.32. The second-order valence-corrected chi connectivity index (χ2v) is 11.7. The van der Waals surface area contributed by atoms with Crippen molar-refractivity contribution in [1.82, 2.24) is 0 Å². The summed E-state index contributed by atoms with van der Waals surface area (Å²) in [6.45, 7) is 6.93. The Morgan fingerprint density at radius 1 is 1.15 bits per heavy atom. The predicted octanol–water partition coefficient (Wildman–Crippen LogP) is 6.65. The first kappa shape index (κ1) is 22.3. The SMILES string of the molecule is CCCSP(=O)(OCC)OC1=C(c2ccccc2CC)C(=O)CC(C)(C)C1. The molecular formula is C21H31O4PS. The minimum atomic E-state index is -3.36. The molecule has 0 saturated carbocycles. The van der Waals surface area contributed by atoms with Gasteiger partial charge < -0.3 is 4.52 Å². The second-order valence-electron chi connectivity index (χ2n) is 7.54. The molecule has 2 rings (SSSR count). The molecule has 1 atom stereocenters. The highest BCUT2D eigenvalue weighted by atomic mass is 32.7. The standard InChI is InChI=1S/C21H31O4PS/c1-6-13-27-26(23,24-8-3)25-19-15-21(4,5)14-18(22)20(19)17-12-10-9-11-16(17)7-2/h9-12H,6-8,13-15H2,1-5H3. The summed E-state index contributed by atoms with van der Waals surface area (Å²) in [6, 6.07) is 7.89. The van der Waals surface area contributed by atoms with E-state index in [-0.39, 0.29) is 11.2 Å². The highest BCUT2D eigenvalue weighted by Crippen LogP contribution is 2.63. The van der Waals surface area contributed by atoms with E-state index >= 15 is 0 Å². The van der Waals surface area contributed by atoms with Crippen LogP contribution in [0, 0.1) is 5.41 Å². The first-order valence-corrected chi connectivity index (χ1v) is 12.8. The number of carbonyl (C=O) groups excluding carboxylic acids is 1. The van der Waals surface area contributed by atoms with E-state index < -0.39 is 6.80 Å². The van der Waals surface area contributed by atoms with Crippen LogP contribution in [0.2, 0.25) is 0 Å². The fourth-order valence-corrected chi connectivity index (χ4v) is 6.82. The van der Waals surface area contributed by atoms with E-state index in [1.807, 2.05) is 45.0 Å². The van der Waals surface area contributed by atoms with Gasteiger partial charge in [0.15, 0.2) is 5.78 Å². The van der Waals surface area contributed by atoms with Crippen LogP contribution in [0.1, 0.15) is 65.0 Å². The van der Waals surface area contributed by atoms with Crippen molar-refractivity contribution in [2.24, 2.45) is 5.41 Å². The van der Waals surface area contributed by atoms with E-state index in [0.717, 1.165) is 24.0 Å². The molecular weight excluding hydrogens is 379 g/mol. The van der Waals surface area contributed by atoms with Crippen LogP contribution >= 0.6 is 18.2 Å². The van der Waals surface area contributed by atoms with Gasteiger partial charge in [-0.25, -0.2) is 4.57 Å². The van der Waals surface area contributed by atoms with Crippen molar-refractivity contribution in [3.05, 3.63) is 41.2 Å². The van der Waals surface area contributed by atoms with Gasteiger partial charge in [0.25, 0.3) is 0 Å². The number of hydrogen-bond acceptors (Lipinski definition) is 5. The maximum Gasteiger partial charge on any atom is 0.439 e. The molecule has 0 saturated heterocycles. The van der Waals surface area contributed by atoms with Crippen molar-refractivity contribution in [2.75, 3.05) is 12.4 Å². The fraction of sp³-hybridized carbons (Fsp3) is 0.571. The van der Waals surface area contributed by atoms with Crippen LogP contribution in [0.15, 0.2) is 30.0 Å². The molecule has 0 radical (unpaired) electrons. The fourth-order valence-electron chi connectivity index (χ4n) is 3.30. The summed E-state index contributed by atoms with van der Waals surface area (Å²) in [5.74, 6) is 1.24. The molecule has 1 aliphatic carbocycles. The van der Waals surface area contributed by atoms with Crippen LogP contribution < -0.4 is 0 Å². The van der Waals surface area contributed by atoms with Crippen LogP contribution in [-0.4, -0.2) is 18.1 Å². The van der Waals surface area contributed by atoms with Gasteiger partial charge in [0.2, 0.25) is 0 Å². The van der Waals surface area contributed by atoms with E-state index in [2.05, 4.69) is 6.92 Å². The molecule has 4 nitrogen and oxygen atoms in total. The molecule has 0 fully saturated rings. The van der Waals surface area contributed by atoms with Crippen LogP contribution in [0.3, 0.4) is 0 Å². The zero-order valence-corrected chi connectivity index (χ0v) is 18.8. The third kappa shape index (κ3) is 5.73. The van der Waals surface area contributed by atoms with Crippen LogP contribution in [-0.2, 0) is 24.8 Å². The Kier molecular flexibility index (Phi) is 7.79.